The van der Waals surface area contributed by atoms with Crippen LogP contribution in [0.2, 0.25) is 5.02 Å². The van der Waals surface area contributed by atoms with E-state index in [0.717, 1.165) is 0 Å². The first-order chi connectivity index (χ1) is 9.08. The van der Waals surface area contributed by atoms with E-state index in [1.807, 2.05) is 0 Å². The largest absolute Gasteiger partial charge is 0.370 e. The topological polar surface area (TPSA) is 55.1 Å². The Bertz CT molecular complexity index is 586. The van der Waals surface area contributed by atoms with E-state index in [0.29, 0.717) is 16.3 Å². The van der Waals surface area contributed by atoms with Crippen LogP contribution in [-0.4, -0.2) is 5.91 Å². The molecule has 2 aromatic carbocycles. The van der Waals surface area contributed by atoms with Crippen molar-refractivity contribution in [2.45, 2.75) is 6.04 Å². The smallest absolute Gasteiger partial charge is 0.244 e. The van der Waals surface area contributed by atoms with Crippen molar-refractivity contribution in [3.8, 4) is 0 Å². The molecule has 19 heavy (non-hydrogen) atoms. The van der Waals surface area contributed by atoms with E-state index in [-0.39, 0.29) is 5.82 Å². The average Bonchev–Trinajstić information content (AvgIpc) is 2.39. The third-order valence-corrected chi connectivity index (χ3v) is 3.00. The average molecular weight is 279 g/mol. The van der Waals surface area contributed by atoms with Gasteiger partial charge in [0.2, 0.25) is 5.91 Å². The molecule has 0 aliphatic rings. The summed E-state index contributed by atoms with van der Waals surface area (Å²) in [5.41, 5.74) is 6.55. The van der Waals surface area contributed by atoms with Crippen molar-refractivity contribution in [3.63, 3.8) is 0 Å². The van der Waals surface area contributed by atoms with Gasteiger partial charge in [0.25, 0.3) is 0 Å². The van der Waals surface area contributed by atoms with Gasteiger partial charge in [0.15, 0.2) is 0 Å². The summed E-state index contributed by atoms with van der Waals surface area (Å²) in [5, 5.41) is 3.38. The maximum Gasteiger partial charge on any atom is 0.244 e. The lowest BCUT2D eigenvalue weighted by Crippen LogP contribution is -2.27. The zero-order valence-corrected chi connectivity index (χ0v) is 10.7. The molecule has 5 heteroatoms. The van der Waals surface area contributed by atoms with Crippen molar-refractivity contribution in [1.29, 1.82) is 0 Å². The Morgan fingerprint density at radius 2 is 1.79 bits per heavy atom. The molecule has 1 atom stereocenters. The number of rotatable bonds is 4. The molecule has 2 aromatic rings. The Morgan fingerprint density at radius 3 is 2.37 bits per heavy atom. The van der Waals surface area contributed by atoms with Crippen molar-refractivity contribution in [1.82, 2.24) is 0 Å². The Labute approximate surface area is 115 Å². The molecule has 1 unspecified atom stereocenters. The predicted octanol–water partition coefficient (Wildman–Crippen LogP) is 3.12. The van der Waals surface area contributed by atoms with Crippen LogP contribution in [0.4, 0.5) is 10.1 Å². The third kappa shape index (κ3) is 3.23. The van der Waals surface area contributed by atoms with Gasteiger partial charge in [-0.05, 0) is 30.3 Å². The van der Waals surface area contributed by atoms with Crippen LogP contribution in [0, 0.1) is 5.82 Å². The molecule has 2 rings (SSSR count). The predicted molar refractivity (Wildman–Crippen MR) is 73.4 cm³/mol. The van der Waals surface area contributed by atoms with E-state index in [1.54, 1.807) is 24.3 Å². The lowest BCUT2D eigenvalue weighted by atomic mass is 10.1. The first-order valence-electron chi connectivity index (χ1n) is 5.64. The minimum absolute atomic E-state index is 0.348. The molecule has 0 aliphatic carbocycles. The van der Waals surface area contributed by atoms with Crippen molar-refractivity contribution < 1.29 is 9.18 Å². The van der Waals surface area contributed by atoms with E-state index < -0.39 is 11.9 Å². The summed E-state index contributed by atoms with van der Waals surface area (Å²) in [6.07, 6.45) is 0. The molecular formula is C14H12ClFN2O. The van der Waals surface area contributed by atoms with Crippen LogP contribution in [0.15, 0.2) is 48.5 Å². The monoisotopic (exact) mass is 278 g/mol. The van der Waals surface area contributed by atoms with Crippen LogP contribution in [-0.2, 0) is 4.79 Å². The highest BCUT2D eigenvalue weighted by molar-refractivity contribution is 6.31. The van der Waals surface area contributed by atoms with Gasteiger partial charge < -0.3 is 11.1 Å². The second-order valence-corrected chi connectivity index (χ2v) is 4.42. The molecule has 0 aliphatic heterocycles. The standard InChI is InChI=1S/C14H12ClFN2O/c15-12-4-2-1-3-11(12)13(14(17)19)18-10-7-5-9(16)6-8-10/h1-8,13,18H,(H2,17,19). The fourth-order valence-electron chi connectivity index (χ4n) is 1.72. The highest BCUT2D eigenvalue weighted by Crippen LogP contribution is 2.26. The van der Waals surface area contributed by atoms with Gasteiger partial charge in [-0.2, -0.15) is 0 Å². The summed E-state index contributed by atoms with van der Waals surface area (Å²) in [7, 11) is 0. The molecule has 0 fully saturated rings. The van der Waals surface area contributed by atoms with E-state index in [1.165, 1.54) is 24.3 Å². The van der Waals surface area contributed by atoms with Crippen LogP contribution < -0.4 is 11.1 Å². The van der Waals surface area contributed by atoms with Crippen LogP contribution in [0.25, 0.3) is 0 Å². The molecule has 0 saturated heterocycles. The number of primary amides is 1. The van der Waals surface area contributed by atoms with Crippen LogP contribution in [0.1, 0.15) is 11.6 Å². The Morgan fingerprint density at radius 1 is 1.16 bits per heavy atom. The molecular weight excluding hydrogens is 267 g/mol. The first kappa shape index (κ1) is 13.4. The van der Waals surface area contributed by atoms with Gasteiger partial charge in [0.05, 0.1) is 0 Å². The molecule has 1 amide bonds. The molecule has 98 valence electrons. The summed E-state index contributed by atoms with van der Waals surface area (Å²) in [5.74, 6) is -0.906. The Kier molecular flexibility index (Phi) is 4.02. The molecule has 3 N–H and O–H groups in total. The number of carbonyl (C=O) groups is 1. The lowest BCUT2D eigenvalue weighted by molar-refractivity contribution is -0.118. The van der Waals surface area contributed by atoms with Gasteiger partial charge in [-0.25, -0.2) is 4.39 Å². The van der Waals surface area contributed by atoms with Crippen molar-refractivity contribution >= 4 is 23.2 Å². The van der Waals surface area contributed by atoms with Crippen LogP contribution in [0.5, 0.6) is 0 Å². The minimum Gasteiger partial charge on any atom is -0.370 e. The summed E-state index contributed by atoms with van der Waals surface area (Å²) in [4.78, 5) is 11.6. The molecule has 0 saturated carbocycles. The second kappa shape index (κ2) is 5.71. The minimum atomic E-state index is -0.765. The zero-order chi connectivity index (χ0) is 13.8. The van der Waals surface area contributed by atoms with E-state index >= 15 is 0 Å². The first-order valence-corrected chi connectivity index (χ1v) is 6.01. The SMILES string of the molecule is NC(=O)C(Nc1ccc(F)cc1)c1ccccc1Cl. The molecule has 0 radical (unpaired) electrons. The summed E-state index contributed by atoms with van der Waals surface area (Å²) in [6.45, 7) is 0. The van der Waals surface area contributed by atoms with Crippen molar-refractivity contribution in [3.05, 3.63) is 64.9 Å². The molecule has 3 nitrogen and oxygen atoms in total. The van der Waals surface area contributed by atoms with E-state index in [2.05, 4.69) is 5.32 Å². The number of amides is 1. The Hall–Kier alpha value is -2.07. The van der Waals surface area contributed by atoms with Gasteiger partial charge in [0.1, 0.15) is 11.9 Å². The summed E-state index contributed by atoms with van der Waals surface area (Å²) < 4.78 is 12.8. The highest BCUT2D eigenvalue weighted by atomic mass is 35.5. The Balaban J connectivity index is 2.29. The van der Waals surface area contributed by atoms with Gasteiger partial charge in [-0.3, -0.25) is 4.79 Å². The number of carbonyl (C=O) groups excluding carboxylic acids is 1. The van der Waals surface area contributed by atoms with Gasteiger partial charge in [0, 0.05) is 16.3 Å². The summed E-state index contributed by atoms with van der Waals surface area (Å²) in [6, 6.07) is 11.8. The van der Waals surface area contributed by atoms with Crippen LogP contribution >= 0.6 is 11.6 Å². The van der Waals surface area contributed by atoms with Crippen molar-refractivity contribution in [2.24, 2.45) is 5.73 Å². The number of halogens is 2. The van der Waals surface area contributed by atoms with E-state index in [9.17, 15) is 9.18 Å². The van der Waals surface area contributed by atoms with Gasteiger partial charge >= 0.3 is 0 Å². The maximum atomic E-state index is 12.8. The van der Waals surface area contributed by atoms with E-state index in [4.69, 9.17) is 17.3 Å². The maximum absolute atomic E-state index is 12.8. The second-order valence-electron chi connectivity index (χ2n) is 4.01. The number of nitrogens with one attached hydrogen (secondary N) is 1. The number of nitrogens with two attached hydrogens (primary N) is 1. The quantitative estimate of drug-likeness (QED) is 0.903. The fraction of sp³-hybridized carbons (Fsp3) is 0.0714. The van der Waals surface area contributed by atoms with Crippen molar-refractivity contribution in [2.75, 3.05) is 5.32 Å². The normalized spacial score (nSPS) is 11.9. The number of hydrogen-bond acceptors (Lipinski definition) is 2. The molecule has 0 bridgehead atoms. The van der Waals surface area contributed by atoms with Gasteiger partial charge in [-0.15, -0.1) is 0 Å². The number of benzene rings is 2. The molecule has 0 spiro atoms. The third-order valence-electron chi connectivity index (χ3n) is 2.66. The number of anilines is 1. The zero-order valence-electron chi connectivity index (χ0n) is 9.94. The lowest BCUT2D eigenvalue weighted by Gasteiger charge is -2.18. The molecule has 0 aromatic heterocycles. The van der Waals surface area contributed by atoms with Crippen LogP contribution in [0.3, 0.4) is 0 Å². The number of hydrogen-bond donors (Lipinski definition) is 2. The fourth-order valence-corrected chi connectivity index (χ4v) is 1.97. The highest BCUT2D eigenvalue weighted by Gasteiger charge is 2.19. The van der Waals surface area contributed by atoms with Gasteiger partial charge in [-0.1, -0.05) is 29.8 Å². The molecule has 0 heterocycles. The summed E-state index contributed by atoms with van der Waals surface area (Å²) >= 11 is 6.05.